The van der Waals surface area contributed by atoms with E-state index in [4.69, 9.17) is 14.2 Å². The highest BCUT2D eigenvalue weighted by Crippen LogP contribution is 2.40. The van der Waals surface area contributed by atoms with Crippen molar-refractivity contribution >= 4 is 23.1 Å². The lowest BCUT2D eigenvalue weighted by Crippen LogP contribution is -2.03. The van der Waals surface area contributed by atoms with Gasteiger partial charge in [-0.15, -0.1) is 0 Å². The Morgan fingerprint density at radius 3 is 1.79 bits per heavy atom. The average molecular weight is 394 g/mol. The second kappa shape index (κ2) is 8.68. The summed E-state index contributed by atoms with van der Waals surface area (Å²) in [4.78, 5) is 9.08. The van der Waals surface area contributed by atoms with Gasteiger partial charge in [0.15, 0.2) is 11.5 Å². The maximum absolute atomic E-state index is 5.41. The quantitative estimate of drug-likeness (QED) is 0.589. The Morgan fingerprint density at radius 1 is 0.655 bits per heavy atom. The van der Waals surface area contributed by atoms with Crippen LogP contribution in [-0.4, -0.2) is 31.3 Å². The Bertz CT molecular complexity index is 976. The van der Waals surface area contributed by atoms with Crippen molar-refractivity contribution in [3.05, 3.63) is 53.2 Å². The highest BCUT2D eigenvalue weighted by atomic mass is 16.5. The van der Waals surface area contributed by atoms with Gasteiger partial charge >= 0.3 is 0 Å². The van der Waals surface area contributed by atoms with Gasteiger partial charge in [-0.1, -0.05) is 6.07 Å². The van der Waals surface area contributed by atoms with Crippen LogP contribution >= 0.6 is 0 Å². The van der Waals surface area contributed by atoms with Gasteiger partial charge in [-0.3, -0.25) is 0 Å². The third-order valence-electron chi connectivity index (χ3n) is 4.27. The van der Waals surface area contributed by atoms with Gasteiger partial charge in [-0.05, 0) is 44.0 Å². The van der Waals surface area contributed by atoms with Crippen molar-refractivity contribution in [3.8, 4) is 17.2 Å². The number of anilines is 4. The summed E-state index contributed by atoms with van der Waals surface area (Å²) in [5.74, 6) is 2.80. The van der Waals surface area contributed by atoms with Crippen LogP contribution in [0.3, 0.4) is 0 Å². The van der Waals surface area contributed by atoms with Gasteiger partial charge in [0.25, 0.3) is 0 Å². The number of ether oxygens (including phenoxy) is 3. The first kappa shape index (κ1) is 20.3. The molecule has 3 rings (SSSR count). The molecular formula is C22H26N4O3. The number of aromatic nitrogens is 2. The molecule has 7 nitrogen and oxygen atoms in total. The Morgan fingerprint density at radius 2 is 1.24 bits per heavy atom. The number of nitrogens with one attached hydrogen (secondary N) is 2. The van der Waals surface area contributed by atoms with Gasteiger partial charge in [0.1, 0.15) is 5.82 Å². The summed E-state index contributed by atoms with van der Waals surface area (Å²) in [5, 5.41) is 6.57. The molecule has 3 aromatic rings. The Balaban J connectivity index is 1.90. The zero-order chi connectivity index (χ0) is 21.0. The first-order valence-corrected chi connectivity index (χ1v) is 9.20. The summed E-state index contributed by atoms with van der Waals surface area (Å²) >= 11 is 0. The highest BCUT2D eigenvalue weighted by Gasteiger charge is 2.14. The molecule has 29 heavy (non-hydrogen) atoms. The summed E-state index contributed by atoms with van der Waals surface area (Å²) in [6.07, 6.45) is 0. The molecule has 0 amide bonds. The zero-order valence-electron chi connectivity index (χ0n) is 17.6. The van der Waals surface area contributed by atoms with Crippen LogP contribution < -0.4 is 24.8 Å². The Hall–Kier alpha value is -3.48. The van der Waals surface area contributed by atoms with Gasteiger partial charge in [-0.2, -0.15) is 4.98 Å². The number of aryl methyl sites for hydroxylation is 3. The summed E-state index contributed by atoms with van der Waals surface area (Å²) < 4.78 is 16.2. The lowest BCUT2D eigenvalue weighted by Gasteiger charge is -2.15. The maximum atomic E-state index is 5.41. The largest absolute Gasteiger partial charge is 0.493 e. The standard InChI is InChI=1S/C22H26N4O3/c1-13-7-14(2)9-16(8-13)24-20-10-15(3)23-22(26-20)25-17-11-18(27-4)21(29-6)19(12-17)28-5/h7-12H,1-6H3,(H2,23,24,25,26). The molecule has 0 aliphatic rings. The van der Waals surface area contributed by atoms with E-state index in [1.165, 1.54) is 11.1 Å². The van der Waals surface area contributed by atoms with Crippen molar-refractivity contribution in [2.45, 2.75) is 20.8 Å². The highest BCUT2D eigenvalue weighted by molar-refractivity contribution is 5.67. The molecule has 0 fully saturated rings. The average Bonchev–Trinajstić information content (AvgIpc) is 2.65. The van der Waals surface area contributed by atoms with Crippen molar-refractivity contribution in [2.24, 2.45) is 0 Å². The van der Waals surface area contributed by atoms with Crippen LogP contribution in [-0.2, 0) is 0 Å². The minimum Gasteiger partial charge on any atom is -0.493 e. The molecule has 0 spiro atoms. The van der Waals surface area contributed by atoms with Crippen LogP contribution in [0.25, 0.3) is 0 Å². The van der Waals surface area contributed by atoms with Crippen LogP contribution in [0.4, 0.5) is 23.1 Å². The summed E-state index contributed by atoms with van der Waals surface area (Å²) in [7, 11) is 4.73. The smallest absolute Gasteiger partial charge is 0.229 e. The van der Waals surface area contributed by atoms with Crippen LogP contribution in [0.15, 0.2) is 36.4 Å². The fraction of sp³-hybridized carbons (Fsp3) is 0.273. The minimum atomic E-state index is 0.464. The van der Waals surface area contributed by atoms with Crippen LogP contribution in [0.5, 0.6) is 17.2 Å². The van der Waals surface area contributed by atoms with E-state index in [0.29, 0.717) is 29.0 Å². The molecule has 1 aromatic heterocycles. The SMILES string of the molecule is COc1cc(Nc2nc(C)cc(Nc3cc(C)cc(C)c3)n2)cc(OC)c1OC. The van der Waals surface area contributed by atoms with Gasteiger partial charge in [0.2, 0.25) is 11.7 Å². The zero-order valence-corrected chi connectivity index (χ0v) is 17.6. The van der Waals surface area contributed by atoms with Crippen molar-refractivity contribution in [2.75, 3.05) is 32.0 Å². The molecule has 0 atom stereocenters. The summed E-state index contributed by atoms with van der Waals surface area (Å²) in [6, 6.07) is 11.8. The van der Waals surface area contributed by atoms with E-state index in [0.717, 1.165) is 17.1 Å². The molecular weight excluding hydrogens is 368 g/mol. The van der Waals surface area contributed by atoms with Crippen molar-refractivity contribution in [1.82, 2.24) is 9.97 Å². The minimum absolute atomic E-state index is 0.464. The number of hydrogen-bond acceptors (Lipinski definition) is 7. The topological polar surface area (TPSA) is 77.5 Å². The third-order valence-corrected chi connectivity index (χ3v) is 4.27. The lowest BCUT2D eigenvalue weighted by molar-refractivity contribution is 0.324. The van der Waals surface area contributed by atoms with E-state index in [1.54, 1.807) is 21.3 Å². The van der Waals surface area contributed by atoms with E-state index in [-0.39, 0.29) is 0 Å². The fourth-order valence-corrected chi connectivity index (χ4v) is 3.17. The van der Waals surface area contributed by atoms with Gasteiger partial charge in [0.05, 0.1) is 21.3 Å². The van der Waals surface area contributed by atoms with E-state index < -0.39 is 0 Å². The summed E-state index contributed by atoms with van der Waals surface area (Å²) in [5.41, 5.74) is 4.92. The number of hydrogen-bond donors (Lipinski definition) is 2. The molecule has 0 radical (unpaired) electrons. The molecule has 0 aliphatic heterocycles. The first-order chi connectivity index (χ1) is 13.9. The monoisotopic (exact) mass is 394 g/mol. The van der Waals surface area contributed by atoms with Crippen molar-refractivity contribution in [1.29, 1.82) is 0 Å². The molecule has 152 valence electrons. The Kier molecular flexibility index (Phi) is 6.07. The molecule has 0 aliphatic carbocycles. The lowest BCUT2D eigenvalue weighted by atomic mass is 10.1. The molecule has 0 saturated heterocycles. The van der Waals surface area contributed by atoms with Crippen molar-refractivity contribution < 1.29 is 14.2 Å². The summed E-state index contributed by atoms with van der Waals surface area (Å²) in [6.45, 7) is 6.07. The molecule has 0 unspecified atom stereocenters. The van der Waals surface area contributed by atoms with Crippen LogP contribution in [0, 0.1) is 20.8 Å². The van der Waals surface area contributed by atoms with Crippen LogP contribution in [0.1, 0.15) is 16.8 Å². The molecule has 0 saturated carbocycles. The predicted molar refractivity (Wildman–Crippen MR) is 115 cm³/mol. The van der Waals surface area contributed by atoms with E-state index >= 15 is 0 Å². The van der Waals surface area contributed by atoms with E-state index in [1.807, 2.05) is 25.1 Å². The maximum Gasteiger partial charge on any atom is 0.229 e. The molecule has 1 heterocycles. The van der Waals surface area contributed by atoms with Crippen molar-refractivity contribution in [3.63, 3.8) is 0 Å². The fourth-order valence-electron chi connectivity index (χ4n) is 3.17. The predicted octanol–water partition coefficient (Wildman–Crippen LogP) is 4.91. The van der Waals surface area contributed by atoms with E-state index in [9.17, 15) is 0 Å². The second-order valence-electron chi connectivity index (χ2n) is 6.76. The second-order valence-corrected chi connectivity index (χ2v) is 6.76. The molecule has 0 bridgehead atoms. The normalized spacial score (nSPS) is 10.4. The molecule has 2 N–H and O–H groups in total. The van der Waals surface area contributed by atoms with Crippen LogP contribution in [0.2, 0.25) is 0 Å². The number of benzene rings is 2. The first-order valence-electron chi connectivity index (χ1n) is 9.20. The van der Waals surface area contributed by atoms with Gasteiger partial charge < -0.3 is 24.8 Å². The molecule has 7 heteroatoms. The number of methoxy groups -OCH3 is 3. The van der Waals surface area contributed by atoms with Gasteiger partial charge in [-0.25, -0.2) is 4.98 Å². The van der Waals surface area contributed by atoms with Gasteiger partial charge in [0, 0.05) is 35.3 Å². The Labute approximate surface area is 171 Å². The number of nitrogens with zero attached hydrogens (tertiary/aromatic N) is 2. The number of rotatable bonds is 7. The van der Waals surface area contributed by atoms with E-state index in [2.05, 4.69) is 52.6 Å². The third kappa shape index (κ3) is 4.87. The molecule has 2 aromatic carbocycles.